The molecule has 0 aliphatic heterocycles. The highest BCUT2D eigenvalue weighted by molar-refractivity contribution is 7.09. The maximum atomic E-state index is 10.4. The van der Waals surface area contributed by atoms with Crippen LogP contribution in [0.5, 0.6) is 0 Å². The molecule has 0 bridgehead atoms. The SMILES string of the molecule is Cc1nsc(NCCC(C)CCC(=O)O)n1. The smallest absolute Gasteiger partial charge is 0.303 e. The van der Waals surface area contributed by atoms with Crippen molar-refractivity contribution in [3.63, 3.8) is 0 Å². The van der Waals surface area contributed by atoms with E-state index in [2.05, 4.69) is 21.6 Å². The zero-order chi connectivity index (χ0) is 12.0. The average Bonchev–Trinajstić information content (AvgIpc) is 2.61. The molecular formula is C10H17N3O2S. The summed E-state index contributed by atoms with van der Waals surface area (Å²) in [7, 11) is 0. The molecule has 0 spiro atoms. The van der Waals surface area contributed by atoms with E-state index in [1.165, 1.54) is 11.5 Å². The molecular weight excluding hydrogens is 226 g/mol. The third kappa shape index (κ3) is 5.06. The maximum absolute atomic E-state index is 10.4. The molecule has 0 saturated heterocycles. The van der Waals surface area contributed by atoms with E-state index >= 15 is 0 Å². The van der Waals surface area contributed by atoms with Gasteiger partial charge in [-0.1, -0.05) is 6.92 Å². The predicted molar refractivity (Wildman–Crippen MR) is 63.8 cm³/mol. The van der Waals surface area contributed by atoms with Gasteiger partial charge in [-0.2, -0.15) is 4.37 Å². The van der Waals surface area contributed by atoms with Crippen LogP contribution in [-0.4, -0.2) is 27.0 Å². The summed E-state index contributed by atoms with van der Waals surface area (Å²) in [5.74, 6) is 0.476. The number of carbonyl (C=O) groups is 1. The van der Waals surface area contributed by atoms with Gasteiger partial charge in [0, 0.05) is 24.5 Å². The van der Waals surface area contributed by atoms with Crippen molar-refractivity contribution in [1.29, 1.82) is 0 Å². The molecule has 90 valence electrons. The quantitative estimate of drug-likeness (QED) is 0.767. The summed E-state index contributed by atoms with van der Waals surface area (Å²) >= 11 is 1.35. The summed E-state index contributed by atoms with van der Waals surface area (Å²) in [6, 6.07) is 0. The number of aliphatic carboxylic acids is 1. The topological polar surface area (TPSA) is 75.1 Å². The molecule has 0 fully saturated rings. The van der Waals surface area contributed by atoms with Crippen LogP contribution < -0.4 is 5.32 Å². The van der Waals surface area contributed by atoms with Gasteiger partial charge in [0.25, 0.3) is 0 Å². The Bertz CT molecular complexity index is 341. The van der Waals surface area contributed by atoms with Crippen LogP contribution in [0.3, 0.4) is 0 Å². The summed E-state index contributed by atoms with van der Waals surface area (Å²) in [5, 5.41) is 12.6. The van der Waals surface area contributed by atoms with Crippen LogP contribution in [0.2, 0.25) is 0 Å². The first-order chi connectivity index (χ1) is 7.58. The third-order valence-electron chi connectivity index (χ3n) is 2.29. The second-order valence-electron chi connectivity index (χ2n) is 3.90. The molecule has 16 heavy (non-hydrogen) atoms. The molecule has 0 radical (unpaired) electrons. The zero-order valence-corrected chi connectivity index (χ0v) is 10.4. The van der Waals surface area contributed by atoms with E-state index in [-0.39, 0.29) is 6.42 Å². The highest BCUT2D eigenvalue weighted by Crippen LogP contribution is 2.13. The van der Waals surface area contributed by atoms with E-state index in [1.807, 2.05) is 6.92 Å². The van der Waals surface area contributed by atoms with Crippen molar-refractivity contribution in [1.82, 2.24) is 9.36 Å². The summed E-state index contributed by atoms with van der Waals surface area (Å²) in [6.45, 7) is 4.74. The second-order valence-corrected chi connectivity index (χ2v) is 4.65. The fraction of sp³-hybridized carbons (Fsp3) is 0.700. The number of hydrogen-bond acceptors (Lipinski definition) is 5. The van der Waals surface area contributed by atoms with Gasteiger partial charge >= 0.3 is 5.97 Å². The molecule has 5 nitrogen and oxygen atoms in total. The van der Waals surface area contributed by atoms with Crippen molar-refractivity contribution in [2.75, 3.05) is 11.9 Å². The lowest BCUT2D eigenvalue weighted by molar-refractivity contribution is -0.137. The average molecular weight is 243 g/mol. The number of aromatic nitrogens is 2. The normalized spacial score (nSPS) is 12.4. The van der Waals surface area contributed by atoms with Crippen molar-refractivity contribution < 1.29 is 9.90 Å². The lowest BCUT2D eigenvalue weighted by Crippen LogP contribution is -2.08. The molecule has 6 heteroatoms. The van der Waals surface area contributed by atoms with Gasteiger partial charge in [0.1, 0.15) is 5.82 Å². The minimum atomic E-state index is -0.723. The van der Waals surface area contributed by atoms with Crippen LogP contribution in [0.1, 0.15) is 32.0 Å². The van der Waals surface area contributed by atoms with Crippen molar-refractivity contribution in [3.05, 3.63) is 5.82 Å². The van der Waals surface area contributed by atoms with Gasteiger partial charge in [0.15, 0.2) is 0 Å². The number of nitrogens with zero attached hydrogens (tertiary/aromatic N) is 2. The summed E-state index contributed by atoms with van der Waals surface area (Å²) in [6.07, 6.45) is 1.93. The molecule has 0 amide bonds. The van der Waals surface area contributed by atoms with Gasteiger partial charge in [0.2, 0.25) is 5.13 Å². The van der Waals surface area contributed by atoms with Crippen LogP contribution in [0.15, 0.2) is 0 Å². The van der Waals surface area contributed by atoms with Crippen LogP contribution in [-0.2, 0) is 4.79 Å². The Hall–Kier alpha value is -1.17. The Labute approximate surface area is 99.1 Å². The lowest BCUT2D eigenvalue weighted by atomic mass is 10.0. The summed E-state index contributed by atoms with van der Waals surface area (Å²) in [5.41, 5.74) is 0. The van der Waals surface area contributed by atoms with Crippen LogP contribution >= 0.6 is 11.5 Å². The van der Waals surface area contributed by atoms with Crippen LogP contribution in [0.4, 0.5) is 5.13 Å². The van der Waals surface area contributed by atoms with E-state index in [0.717, 1.165) is 30.3 Å². The Morgan fingerprint density at radius 3 is 2.88 bits per heavy atom. The molecule has 1 unspecified atom stereocenters. The Morgan fingerprint density at radius 2 is 2.31 bits per heavy atom. The van der Waals surface area contributed by atoms with Crippen LogP contribution in [0.25, 0.3) is 0 Å². The van der Waals surface area contributed by atoms with Crippen molar-refractivity contribution in [2.24, 2.45) is 5.92 Å². The van der Waals surface area contributed by atoms with E-state index in [0.29, 0.717) is 5.92 Å². The van der Waals surface area contributed by atoms with Gasteiger partial charge in [-0.3, -0.25) is 4.79 Å². The first kappa shape index (κ1) is 12.9. The van der Waals surface area contributed by atoms with Crippen molar-refractivity contribution in [3.8, 4) is 0 Å². The fourth-order valence-corrected chi connectivity index (χ4v) is 1.91. The van der Waals surface area contributed by atoms with E-state index in [1.54, 1.807) is 0 Å². The lowest BCUT2D eigenvalue weighted by Gasteiger charge is -2.09. The number of carboxylic acid groups (broad SMARTS) is 1. The molecule has 0 saturated carbocycles. The minimum absolute atomic E-state index is 0.249. The largest absolute Gasteiger partial charge is 0.481 e. The number of nitrogens with one attached hydrogen (secondary N) is 1. The van der Waals surface area contributed by atoms with Crippen LogP contribution in [0, 0.1) is 12.8 Å². The Kier molecular flexibility index (Phi) is 5.18. The molecule has 1 rings (SSSR count). The van der Waals surface area contributed by atoms with E-state index in [9.17, 15) is 4.79 Å². The van der Waals surface area contributed by atoms with Gasteiger partial charge in [-0.25, -0.2) is 4.98 Å². The minimum Gasteiger partial charge on any atom is -0.481 e. The van der Waals surface area contributed by atoms with Crippen molar-refractivity contribution >= 4 is 22.6 Å². The van der Waals surface area contributed by atoms with E-state index < -0.39 is 5.97 Å². The molecule has 0 aliphatic rings. The number of hydrogen-bond donors (Lipinski definition) is 2. The zero-order valence-electron chi connectivity index (χ0n) is 9.56. The Balaban J connectivity index is 2.13. The molecule has 2 N–H and O–H groups in total. The fourth-order valence-electron chi connectivity index (χ4n) is 1.31. The number of aryl methyl sites for hydroxylation is 1. The second kappa shape index (κ2) is 6.42. The van der Waals surface area contributed by atoms with Gasteiger partial charge in [0.05, 0.1) is 0 Å². The Morgan fingerprint density at radius 1 is 1.56 bits per heavy atom. The number of anilines is 1. The van der Waals surface area contributed by atoms with Gasteiger partial charge < -0.3 is 10.4 Å². The maximum Gasteiger partial charge on any atom is 0.303 e. The molecule has 1 aromatic heterocycles. The molecule has 1 heterocycles. The summed E-state index contributed by atoms with van der Waals surface area (Å²) < 4.78 is 4.06. The molecule has 1 atom stereocenters. The highest BCUT2D eigenvalue weighted by Gasteiger charge is 2.06. The number of rotatable bonds is 7. The first-order valence-corrected chi connectivity index (χ1v) is 6.11. The molecule has 0 aromatic carbocycles. The molecule has 0 aliphatic carbocycles. The molecule has 1 aromatic rings. The standard InChI is InChI=1S/C10H17N3O2S/c1-7(3-4-9(14)15)5-6-11-10-12-8(2)13-16-10/h7H,3-6H2,1-2H3,(H,14,15)(H,11,12,13). The predicted octanol–water partition coefficient (Wildman–Crippen LogP) is 2.15. The summed E-state index contributed by atoms with van der Waals surface area (Å²) in [4.78, 5) is 14.6. The first-order valence-electron chi connectivity index (χ1n) is 5.34. The monoisotopic (exact) mass is 243 g/mol. The highest BCUT2D eigenvalue weighted by atomic mass is 32.1. The van der Waals surface area contributed by atoms with Gasteiger partial charge in [-0.05, 0) is 25.7 Å². The third-order valence-corrected chi connectivity index (χ3v) is 3.06. The number of carboxylic acids is 1. The van der Waals surface area contributed by atoms with E-state index in [4.69, 9.17) is 5.11 Å². The van der Waals surface area contributed by atoms with Crippen molar-refractivity contribution in [2.45, 2.75) is 33.1 Å². The van der Waals surface area contributed by atoms with Gasteiger partial charge in [-0.15, -0.1) is 0 Å².